The van der Waals surface area contributed by atoms with E-state index in [2.05, 4.69) is 11.2 Å². The molecule has 0 aromatic carbocycles. The van der Waals surface area contributed by atoms with Crippen molar-refractivity contribution in [3.63, 3.8) is 0 Å². The Bertz CT molecular complexity index is 349. The predicted octanol–water partition coefficient (Wildman–Crippen LogP) is 1.44. The number of hydrogen-bond acceptors (Lipinski definition) is 2. The second-order valence-electron chi connectivity index (χ2n) is 4.61. The molecule has 0 aromatic heterocycles. The highest BCUT2D eigenvalue weighted by atomic mass is 16.4. The second kappa shape index (κ2) is 6.90. The van der Waals surface area contributed by atoms with Crippen molar-refractivity contribution in [2.45, 2.75) is 51.1 Å². The van der Waals surface area contributed by atoms with Gasteiger partial charge in [-0.25, -0.2) is 4.79 Å². The van der Waals surface area contributed by atoms with Gasteiger partial charge in [-0.3, -0.25) is 4.79 Å². The van der Waals surface area contributed by atoms with Crippen LogP contribution in [0.4, 0.5) is 4.79 Å². The van der Waals surface area contributed by atoms with Crippen molar-refractivity contribution in [3.05, 3.63) is 0 Å². The topological polar surface area (TPSA) is 69.6 Å². The van der Waals surface area contributed by atoms with E-state index in [4.69, 9.17) is 11.5 Å². The van der Waals surface area contributed by atoms with E-state index in [0.29, 0.717) is 13.0 Å². The summed E-state index contributed by atoms with van der Waals surface area (Å²) in [5.74, 6) is 1.63. The molecule has 100 valence electrons. The van der Waals surface area contributed by atoms with E-state index in [9.17, 15) is 9.59 Å². The Kier molecular flexibility index (Phi) is 5.50. The van der Waals surface area contributed by atoms with Crippen LogP contribution < -0.4 is 5.32 Å². The van der Waals surface area contributed by atoms with Crippen molar-refractivity contribution in [2.24, 2.45) is 0 Å². The van der Waals surface area contributed by atoms with Gasteiger partial charge in [-0.1, -0.05) is 5.92 Å². The molecular weight excluding hydrogens is 232 g/mol. The lowest BCUT2D eigenvalue weighted by molar-refractivity contribution is -0.137. The Morgan fingerprint density at radius 2 is 2.28 bits per heavy atom. The Labute approximate surface area is 108 Å². The van der Waals surface area contributed by atoms with Gasteiger partial charge in [0.2, 0.25) is 0 Å². The van der Waals surface area contributed by atoms with E-state index in [0.717, 1.165) is 19.3 Å². The lowest BCUT2D eigenvalue weighted by Crippen LogP contribution is -2.50. The minimum atomic E-state index is -0.821. The van der Waals surface area contributed by atoms with E-state index in [1.54, 1.807) is 11.8 Å². The number of carboxylic acids is 1. The first kappa shape index (κ1) is 14.4. The number of nitrogens with zero attached hydrogens (tertiary/aromatic N) is 1. The maximum Gasteiger partial charge on any atom is 0.318 e. The van der Waals surface area contributed by atoms with Crippen molar-refractivity contribution in [2.75, 3.05) is 6.54 Å². The van der Waals surface area contributed by atoms with Gasteiger partial charge in [0.1, 0.15) is 0 Å². The fourth-order valence-corrected chi connectivity index (χ4v) is 2.17. The molecule has 0 aromatic rings. The predicted molar refractivity (Wildman–Crippen MR) is 68.0 cm³/mol. The van der Waals surface area contributed by atoms with Gasteiger partial charge in [0.05, 0.1) is 6.04 Å². The molecule has 1 fully saturated rings. The largest absolute Gasteiger partial charge is 0.481 e. The zero-order chi connectivity index (χ0) is 13.5. The van der Waals surface area contributed by atoms with Crippen LogP contribution in [0.5, 0.6) is 0 Å². The number of likely N-dealkylation sites (tertiary alicyclic amines) is 1. The van der Waals surface area contributed by atoms with Crippen molar-refractivity contribution >= 4 is 12.0 Å². The fourth-order valence-electron chi connectivity index (χ4n) is 2.17. The van der Waals surface area contributed by atoms with Crippen LogP contribution in [0.1, 0.15) is 39.0 Å². The molecule has 1 saturated heterocycles. The minimum Gasteiger partial charge on any atom is -0.481 e. The molecule has 0 saturated carbocycles. The summed E-state index contributed by atoms with van der Waals surface area (Å²) in [5, 5.41) is 11.4. The third kappa shape index (κ3) is 4.28. The number of rotatable bonds is 4. The summed E-state index contributed by atoms with van der Waals surface area (Å²) in [6, 6.07) is -0.477. The highest BCUT2D eigenvalue weighted by molar-refractivity contribution is 5.75. The van der Waals surface area contributed by atoms with Crippen LogP contribution in [-0.2, 0) is 4.79 Å². The number of nitrogens with one attached hydrogen (secondary N) is 1. The first-order valence-corrected chi connectivity index (χ1v) is 6.29. The number of hydrogen-bond donors (Lipinski definition) is 2. The number of amides is 2. The van der Waals surface area contributed by atoms with Crippen LogP contribution in [0, 0.1) is 12.3 Å². The summed E-state index contributed by atoms with van der Waals surface area (Å²) in [6.07, 6.45) is 8.69. The van der Waals surface area contributed by atoms with Gasteiger partial charge >= 0.3 is 12.0 Å². The third-order valence-corrected chi connectivity index (χ3v) is 3.17. The van der Waals surface area contributed by atoms with Crippen LogP contribution in [0.3, 0.4) is 0 Å². The smallest absolute Gasteiger partial charge is 0.318 e. The van der Waals surface area contributed by atoms with Gasteiger partial charge in [-0.15, -0.1) is 6.42 Å². The third-order valence-electron chi connectivity index (χ3n) is 3.17. The lowest BCUT2D eigenvalue weighted by Gasteiger charge is -2.36. The van der Waals surface area contributed by atoms with Gasteiger partial charge in [-0.2, -0.15) is 0 Å². The molecule has 2 amide bonds. The van der Waals surface area contributed by atoms with Crippen molar-refractivity contribution in [3.8, 4) is 12.3 Å². The maximum absolute atomic E-state index is 12.0. The standard InChI is InChI=1S/C13H20N2O3/c1-3-10(2)14-13(18)15-9-5-4-6-11(15)7-8-12(16)17/h1,10-11H,4-9H2,2H3,(H,14,18)(H,16,17). The average molecular weight is 252 g/mol. The molecule has 1 rings (SSSR count). The Morgan fingerprint density at radius 1 is 1.56 bits per heavy atom. The number of aliphatic carboxylic acids is 1. The molecule has 5 nitrogen and oxygen atoms in total. The first-order chi connectivity index (χ1) is 8.54. The monoisotopic (exact) mass is 252 g/mol. The van der Waals surface area contributed by atoms with Gasteiger partial charge in [0.15, 0.2) is 0 Å². The number of piperidine rings is 1. The summed E-state index contributed by atoms with van der Waals surface area (Å²) >= 11 is 0. The molecule has 1 heterocycles. The minimum absolute atomic E-state index is 0.0137. The summed E-state index contributed by atoms with van der Waals surface area (Å²) in [6.45, 7) is 2.42. The Hall–Kier alpha value is -1.70. The van der Waals surface area contributed by atoms with E-state index in [1.165, 1.54) is 0 Å². The van der Waals surface area contributed by atoms with Crippen LogP contribution in [0.15, 0.2) is 0 Å². The molecule has 0 spiro atoms. The van der Waals surface area contributed by atoms with E-state index in [1.807, 2.05) is 0 Å². The normalized spacial score (nSPS) is 20.9. The van der Waals surface area contributed by atoms with Gasteiger partial charge in [0.25, 0.3) is 0 Å². The number of carboxylic acid groups (broad SMARTS) is 1. The Morgan fingerprint density at radius 3 is 2.89 bits per heavy atom. The summed E-state index contributed by atoms with van der Waals surface area (Å²) in [7, 11) is 0. The summed E-state index contributed by atoms with van der Waals surface area (Å²) < 4.78 is 0. The number of carbonyl (C=O) groups is 2. The molecule has 1 aliphatic rings. The molecule has 0 bridgehead atoms. The quantitative estimate of drug-likeness (QED) is 0.744. The molecule has 2 atom stereocenters. The number of carbonyl (C=O) groups excluding carboxylic acids is 1. The summed E-state index contributed by atoms with van der Waals surface area (Å²) in [4.78, 5) is 24.3. The van der Waals surface area contributed by atoms with Crippen LogP contribution in [-0.4, -0.2) is 40.6 Å². The molecule has 0 aliphatic carbocycles. The van der Waals surface area contributed by atoms with Crippen LogP contribution in [0.2, 0.25) is 0 Å². The van der Waals surface area contributed by atoms with Crippen LogP contribution >= 0.6 is 0 Å². The molecule has 2 unspecified atom stereocenters. The van der Waals surface area contributed by atoms with E-state index >= 15 is 0 Å². The summed E-state index contributed by atoms with van der Waals surface area (Å²) in [5.41, 5.74) is 0. The molecule has 5 heteroatoms. The molecule has 1 aliphatic heterocycles. The lowest BCUT2D eigenvalue weighted by atomic mass is 9.98. The van der Waals surface area contributed by atoms with Crippen molar-refractivity contribution < 1.29 is 14.7 Å². The Balaban J connectivity index is 2.55. The second-order valence-corrected chi connectivity index (χ2v) is 4.61. The van der Waals surface area contributed by atoms with Crippen molar-refractivity contribution in [1.29, 1.82) is 0 Å². The maximum atomic E-state index is 12.0. The van der Waals surface area contributed by atoms with Crippen LogP contribution in [0.25, 0.3) is 0 Å². The SMILES string of the molecule is C#CC(C)NC(=O)N1CCCCC1CCC(=O)O. The van der Waals surface area contributed by atoms with E-state index in [-0.39, 0.29) is 24.5 Å². The fraction of sp³-hybridized carbons (Fsp3) is 0.692. The highest BCUT2D eigenvalue weighted by Gasteiger charge is 2.27. The zero-order valence-electron chi connectivity index (χ0n) is 10.7. The van der Waals surface area contributed by atoms with Gasteiger partial charge in [-0.05, 0) is 32.6 Å². The number of terminal acetylenes is 1. The number of urea groups is 1. The molecule has 0 radical (unpaired) electrons. The highest BCUT2D eigenvalue weighted by Crippen LogP contribution is 2.21. The average Bonchev–Trinajstić information content (AvgIpc) is 2.36. The van der Waals surface area contributed by atoms with Gasteiger partial charge in [0, 0.05) is 19.0 Å². The first-order valence-electron chi connectivity index (χ1n) is 6.29. The molecule has 18 heavy (non-hydrogen) atoms. The van der Waals surface area contributed by atoms with Crippen molar-refractivity contribution in [1.82, 2.24) is 10.2 Å². The zero-order valence-corrected chi connectivity index (χ0v) is 10.7. The van der Waals surface area contributed by atoms with E-state index < -0.39 is 5.97 Å². The molecular formula is C13H20N2O3. The van der Waals surface area contributed by atoms with Gasteiger partial charge < -0.3 is 15.3 Å². The molecule has 2 N–H and O–H groups in total.